The molecule has 0 aromatic rings. The lowest BCUT2D eigenvalue weighted by Crippen LogP contribution is -2.15. The van der Waals surface area contributed by atoms with Gasteiger partial charge in [-0.3, -0.25) is 4.18 Å². The third kappa shape index (κ3) is 7.82. The van der Waals surface area contributed by atoms with E-state index in [1.165, 1.54) is 0 Å². The second kappa shape index (κ2) is 6.01. The van der Waals surface area contributed by atoms with Crippen molar-refractivity contribution >= 4 is 10.1 Å². The quantitative estimate of drug-likeness (QED) is 0.374. The molecule has 4 heteroatoms. The average molecular weight is 204 g/mol. The first-order chi connectivity index (χ1) is 5.99. The lowest BCUT2D eigenvalue weighted by molar-refractivity contribution is 0.251. The van der Waals surface area contributed by atoms with Gasteiger partial charge >= 0.3 is 0 Å². The number of hydrogen-bond acceptors (Lipinski definition) is 3. The van der Waals surface area contributed by atoms with Gasteiger partial charge in [-0.15, -0.1) is 6.42 Å². The van der Waals surface area contributed by atoms with Gasteiger partial charge in [0.15, 0.2) is 0 Å². The standard InChI is InChI=1S/C9H16O3S/c1-4-6-7-8-9(5-2)12-13(3,10)11/h2,9H,4,6-8H2,1,3H3. The van der Waals surface area contributed by atoms with Crippen LogP contribution in [-0.4, -0.2) is 20.8 Å². The van der Waals surface area contributed by atoms with Crippen LogP contribution >= 0.6 is 0 Å². The van der Waals surface area contributed by atoms with Gasteiger partial charge in [0, 0.05) is 0 Å². The zero-order valence-corrected chi connectivity index (χ0v) is 8.93. The van der Waals surface area contributed by atoms with Gasteiger partial charge in [0.2, 0.25) is 0 Å². The van der Waals surface area contributed by atoms with Gasteiger partial charge in [-0.05, 0) is 12.8 Å². The molecule has 3 nitrogen and oxygen atoms in total. The fraction of sp³-hybridized carbons (Fsp3) is 0.778. The Bertz CT molecular complexity index is 261. The molecule has 0 bridgehead atoms. The maximum absolute atomic E-state index is 10.7. The first-order valence-corrected chi connectivity index (χ1v) is 6.15. The van der Waals surface area contributed by atoms with Crippen LogP contribution in [0.5, 0.6) is 0 Å². The van der Waals surface area contributed by atoms with E-state index in [4.69, 9.17) is 6.42 Å². The Morgan fingerprint density at radius 1 is 1.46 bits per heavy atom. The lowest BCUT2D eigenvalue weighted by Gasteiger charge is -2.08. The molecule has 1 unspecified atom stereocenters. The predicted octanol–water partition coefficient (Wildman–Crippen LogP) is 1.54. The number of hydrogen-bond donors (Lipinski definition) is 0. The Morgan fingerprint density at radius 3 is 2.46 bits per heavy atom. The number of rotatable bonds is 6. The van der Waals surface area contributed by atoms with Crippen LogP contribution in [0, 0.1) is 12.3 Å². The van der Waals surface area contributed by atoms with Crippen molar-refractivity contribution in [2.45, 2.75) is 38.7 Å². The Kier molecular flexibility index (Phi) is 5.76. The summed E-state index contributed by atoms with van der Waals surface area (Å²) in [5, 5.41) is 0. The molecule has 0 rings (SSSR count). The second-order valence-electron chi connectivity index (χ2n) is 2.95. The van der Waals surface area contributed by atoms with Crippen molar-refractivity contribution in [3.63, 3.8) is 0 Å². The van der Waals surface area contributed by atoms with Crippen molar-refractivity contribution in [1.29, 1.82) is 0 Å². The molecule has 0 aromatic heterocycles. The van der Waals surface area contributed by atoms with E-state index in [-0.39, 0.29) is 0 Å². The molecule has 0 aromatic carbocycles. The van der Waals surface area contributed by atoms with Crippen molar-refractivity contribution in [1.82, 2.24) is 0 Å². The molecule has 0 N–H and O–H groups in total. The van der Waals surface area contributed by atoms with Gasteiger partial charge in [0.1, 0.15) is 6.10 Å². The molecule has 0 saturated heterocycles. The molecule has 0 aliphatic carbocycles. The van der Waals surface area contributed by atoms with Crippen LogP contribution < -0.4 is 0 Å². The van der Waals surface area contributed by atoms with Gasteiger partial charge in [-0.1, -0.05) is 25.7 Å². The van der Waals surface area contributed by atoms with E-state index >= 15 is 0 Å². The number of terminal acetylenes is 1. The molecular weight excluding hydrogens is 188 g/mol. The van der Waals surface area contributed by atoms with Crippen molar-refractivity contribution in [2.24, 2.45) is 0 Å². The van der Waals surface area contributed by atoms with E-state index in [2.05, 4.69) is 17.0 Å². The van der Waals surface area contributed by atoms with Gasteiger partial charge in [0.05, 0.1) is 6.26 Å². The summed E-state index contributed by atoms with van der Waals surface area (Å²) in [7, 11) is -3.42. The van der Waals surface area contributed by atoms with Crippen molar-refractivity contribution in [3.05, 3.63) is 0 Å². The van der Waals surface area contributed by atoms with Crippen LogP contribution in [0.15, 0.2) is 0 Å². The fourth-order valence-corrected chi connectivity index (χ4v) is 1.52. The molecule has 0 aliphatic rings. The maximum atomic E-state index is 10.7. The van der Waals surface area contributed by atoms with Crippen molar-refractivity contribution in [2.75, 3.05) is 6.26 Å². The van der Waals surface area contributed by atoms with Gasteiger partial charge in [-0.2, -0.15) is 8.42 Å². The smallest absolute Gasteiger partial charge is 0.254 e. The summed E-state index contributed by atoms with van der Waals surface area (Å²) in [6, 6.07) is 0. The molecule has 0 saturated carbocycles. The van der Waals surface area contributed by atoms with Crippen LogP contribution in [0.3, 0.4) is 0 Å². The van der Waals surface area contributed by atoms with Gasteiger partial charge < -0.3 is 0 Å². The largest absolute Gasteiger partial charge is 0.265 e. The van der Waals surface area contributed by atoms with Crippen LogP contribution in [-0.2, 0) is 14.3 Å². The zero-order chi connectivity index (χ0) is 10.3. The van der Waals surface area contributed by atoms with Gasteiger partial charge in [-0.25, -0.2) is 0 Å². The highest BCUT2D eigenvalue weighted by molar-refractivity contribution is 7.86. The summed E-state index contributed by atoms with van der Waals surface area (Å²) in [6.45, 7) is 2.07. The minimum Gasteiger partial charge on any atom is -0.254 e. The molecule has 13 heavy (non-hydrogen) atoms. The predicted molar refractivity (Wildman–Crippen MR) is 52.7 cm³/mol. The Hall–Kier alpha value is -0.530. The molecular formula is C9H16O3S. The monoisotopic (exact) mass is 204 g/mol. The van der Waals surface area contributed by atoms with E-state index in [1.54, 1.807) is 0 Å². The highest BCUT2D eigenvalue weighted by Gasteiger charge is 2.11. The third-order valence-corrected chi connectivity index (χ3v) is 2.13. The minimum absolute atomic E-state index is 0.596. The maximum Gasteiger partial charge on any atom is 0.265 e. The molecule has 1 atom stereocenters. The third-order valence-electron chi connectivity index (χ3n) is 1.55. The SMILES string of the molecule is C#CC(CCCCC)OS(C)(=O)=O. The van der Waals surface area contributed by atoms with E-state index in [0.717, 1.165) is 25.5 Å². The number of unbranched alkanes of at least 4 members (excludes halogenated alkanes) is 2. The zero-order valence-electron chi connectivity index (χ0n) is 8.12. The molecule has 0 amide bonds. The Labute approximate surface area is 80.6 Å². The van der Waals surface area contributed by atoms with Crippen LogP contribution in [0.1, 0.15) is 32.6 Å². The minimum atomic E-state index is -3.42. The molecule has 0 radical (unpaired) electrons. The van der Waals surface area contributed by atoms with Crippen molar-refractivity contribution < 1.29 is 12.6 Å². The van der Waals surface area contributed by atoms with Crippen LogP contribution in [0.2, 0.25) is 0 Å². The summed E-state index contributed by atoms with van der Waals surface area (Å²) >= 11 is 0. The molecule has 76 valence electrons. The second-order valence-corrected chi connectivity index (χ2v) is 4.55. The topological polar surface area (TPSA) is 43.4 Å². The summed E-state index contributed by atoms with van der Waals surface area (Å²) in [4.78, 5) is 0. The molecule has 0 fully saturated rings. The van der Waals surface area contributed by atoms with E-state index in [0.29, 0.717) is 6.42 Å². The van der Waals surface area contributed by atoms with Crippen molar-refractivity contribution in [3.8, 4) is 12.3 Å². The summed E-state index contributed by atoms with van der Waals surface area (Å²) in [5.41, 5.74) is 0. The van der Waals surface area contributed by atoms with Crippen LogP contribution in [0.25, 0.3) is 0 Å². The molecule has 0 aliphatic heterocycles. The first kappa shape index (κ1) is 12.5. The summed E-state index contributed by atoms with van der Waals surface area (Å²) in [6.07, 6.45) is 9.18. The molecule has 0 heterocycles. The van der Waals surface area contributed by atoms with E-state index in [9.17, 15) is 8.42 Å². The average Bonchev–Trinajstić information content (AvgIpc) is 2.01. The van der Waals surface area contributed by atoms with Gasteiger partial charge in [0.25, 0.3) is 10.1 Å². The normalized spacial score (nSPS) is 13.6. The highest BCUT2D eigenvalue weighted by atomic mass is 32.2. The fourth-order valence-electron chi connectivity index (χ4n) is 0.950. The first-order valence-electron chi connectivity index (χ1n) is 4.34. The lowest BCUT2D eigenvalue weighted by atomic mass is 10.1. The Balaban J connectivity index is 3.86. The van der Waals surface area contributed by atoms with E-state index in [1.807, 2.05) is 0 Å². The Morgan fingerprint density at radius 2 is 2.08 bits per heavy atom. The molecule has 0 spiro atoms. The van der Waals surface area contributed by atoms with Crippen LogP contribution in [0.4, 0.5) is 0 Å². The van der Waals surface area contributed by atoms with E-state index < -0.39 is 16.2 Å². The highest BCUT2D eigenvalue weighted by Crippen LogP contribution is 2.07. The summed E-state index contributed by atoms with van der Waals surface area (Å²) < 4.78 is 26.1. The summed E-state index contributed by atoms with van der Waals surface area (Å²) in [5.74, 6) is 2.32.